The van der Waals surface area contributed by atoms with Crippen molar-refractivity contribution in [3.05, 3.63) is 29.8 Å². The summed E-state index contributed by atoms with van der Waals surface area (Å²) in [6, 6.07) is 7.60. The van der Waals surface area contributed by atoms with Crippen LogP contribution in [0.4, 0.5) is 0 Å². The Morgan fingerprint density at radius 2 is 2.00 bits per heavy atom. The van der Waals surface area contributed by atoms with Crippen LogP contribution < -0.4 is 10.1 Å². The Balaban J connectivity index is 1.53. The highest BCUT2D eigenvalue weighted by atomic mass is 16.5. The Morgan fingerprint density at radius 1 is 1.29 bits per heavy atom. The normalized spacial score (nSPS) is 16.1. The minimum atomic E-state index is -0.682. The summed E-state index contributed by atoms with van der Waals surface area (Å²) in [6.45, 7) is 0.873. The van der Waals surface area contributed by atoms with Crippen LogP contribution in [0.2, 0.25) is 0 Å². The molecule has 1 saturated carbocycles. The summed E-state index contributed by atoms with van der Waals surface area (Å²) in [5.74, 6) is 1.55. The van der Waals surface area contributed by atoms with E-state index in [9.17, 15) is 9.90 Å². The van der Waals surface area contributed by atoms with E-state index in [1.165, 1.54) is 25.7 Å². The van der Waals surface area contributed by atoms with E-state index in [0.29, 0.717) is 18.9 Å². The SMILES string of the molecule is COc1ccc(COC[C@@H](O)CNC(=O)CCC2CCCC2)cc1. The molecule has 5 heteroatoms. The molecule has 0 bridgehead atoms. The first kappa shape index (κ1) is 18.7. The van der Waals surface area contributed by atoms with Gasteiger partial charge in [-0.1, -0.05) is 37.8 Å². The average Bonchev–Trinajstić information content (AvgIpc) is 3.12. The van der Waals surface area contributed by atoms with Crippen LogP contribution in [0, 0.1) is 5.92 Å². The lowest BCUT2D eigenvalue weighted by atomic mass is 10.0. The van der Waals surface area contributed by atoms with Gasteiger partial charge >= 0.3 is 0 Å². The van der Waals surface area contributed by atoms with E-state index in [4.69, 9.17) is 9.47 Å². The molecule has 5 nitrogen and oxygen atoms in total. The van der Waals surface area contributed by atoms with Crippen molar-refractivity contribution < 1.29 is 19.4 Å². The zero-order valence-electron chi connectivity index (χ0n) is 14.5. The number of nitrogens with one attached hydrogen (secondary N) is 1. The molecule has 134 valence electrons. The lowest BCUT2D eigenvalue weighted by Gasteiger charge is -2.13. The second kappa shape index (κ2) is 10.3. The Labute approximate surface area is 144 Å². The summed E-state index contributed by atoms with van der Waals surface area (Å²) in [5.41, 5.74) is 1.02. The lowest BCUT2D eigenvalue weighted by Crippen LogP contribution is -2.34. The quantitative estimate of drug-likeness (QED) is 0.690. The Hall–Kier alpha value is -1.59. The van der Waals surface area contributed by atoms with E-state index >= 15 is 0 Å². The van der Waals surface area contributed by atoms with E-state index in [0.717, 1.165) is 17.7 Å². The first-order valence-corrected chi connectivity index (χ1v) is 8.83. The molecule has 0 heterocycles. The topological polar surface area (TPSA) is 67.8 Å². The molecule has 0 aromatic heterocycles. The molecule has 0 radical (unpaired) electrons. The molecule has 1 amide bonds. The van der Waals surface area contributed by atoms with Gasteiger partial charge in [-0.2, -0.15) is 0 Å². The molecule has 0 unspecified atom stereocenters. The molecule has 1 aromatic rings. The van der Waals surface area contributed by atoms with Gasteiger partial charge in [0.05, 0.1) is 26.4 Å². The largest absolute Gasteiger partial charge is 0.497 e. The number of hydrogen-bond donors (Lipinski definition) is 2. The third kappa shape index (κ3) is 6.89. The Morgan fingerprint density at radius 3 is 2.67 bits per heavy atom. The number of hydrogen-bond acceptors (Lipinski definition) is 4. The zero-order chi connectivity index (χ0) is 17.2. The average molecular weight is 335 g/mol. The number of rotatable bonds is 10. The summed E-state index contributed by atoms with van der Waals surface area (Å²) >= 11 is 0. The number of carbonyl (C=O) groups excluding carboxylic acids is 1. The van der Waals surface area contributed by atoms with E-state index in [-0.39, 0.29) is 19.1 Å². The second-order valence-corrected chi connectivity index (χ2v) is 6.51. The predicted octanol–water partition coefficient (Wildman–Crippen LogP) is 2.66. The lowest BCUT2D eigenvalue weighted by molar-refractivity contribution is -0.122. The molecule has 1 fully saturated rings. The molecule has 1 aliphatic rings. The molecular weight excluding hydrogens is 306 g/mol. The highest BCUT2D eigenvalue weighted by Crippen LogP contribution is 2.28. The predicted molar refractivity (Wildman–Crippen MR) is 92.9 cm³/mol. The fraction of sp³-hybridized carbons (Fsp3) is 0.632. The van der Waals surface area contributed by atoms with Gasteiger partial charge in [0, 0.05) is 13.0 Å². The fourth-order valence-electron chi connectivity index (χ4n) is 3.05. The molecule has 1 aliphatic carbocycles. The van der Waals surface area contributed by atoms with Crippen LogP contribution >= 0.6 is 0 Å². The summed E-state index contributed by atoms with van der Waals surface area (Å²) in [7, 11) is 1.63. The highest BCUT2D eigenvalue weighted by Gasteiger charge is 2.16. The van der Waals surface area contributed by atoms with Crippen LogP contribution in [0.25, 0.3) is 0 Å². The van der Waals surface area contributed by atoms with Crippen molar-refractivity contribution in [1.82, 2.24) is 5.32 Å². The molecule has 2 N–H and O–H groups in total. The number of carbonyl (C=O) groups is 1. The van der Waals surface area contributed by atoms with E-state index in [2.05, 4.69) is 5.32 Å². The van der Waals surface area contributed by atoms with Crippen molar-refractivity contribution >= 4 is 5.91 Å². The fourth-order valence-corrected chi connectivity index (χ4v) is 3.05. The summed E-state index contributed by atoms with van der Waals surface area (Å²) in [5, 5.41) is 12.7. The van der Waals surface area contributed by atoms with Gasteiger partial charge in [-0.15, -0.1) is 0 Å². The van der Waals surface area contributed by atoms with E-state index in [1.807, 2.05) is 24.3 Å². The van der Waals surface area contributed by atoms with Crippen molar-refractivity contribution in [2.75, 3.05) is 20.3 Å². The number of aliphatic hydroxyl groups excluding tert-OH is 1. The third-order valence-electron chi connectivity index (χ3n) is 4.53. The van der Waals surface area contributed by atoms with Gasteiger partial charge in [0.1, 0.15) is 5.75 Å². The number of methoxy groups -OCH3 is 1. The first-order chi connectivity index (χ1) is 11.7. The van der Waals surface area contributed by atoms with Gasteiger partial charge in [0.25, 0.3) is 0 Å². The highest BCUT2D eigenvalue weighted by molar-refractivity contribution is 5.75. The number of aliphatic hydroxyl groups is 1. The van der Waals surface area contributed by atoms with Crippen LogP contribution in [0.5, 0.6) is 5.75 Å². The molecule has 0 spiro atoms. The van der Waals surface area contributed by atoms with Crippen molar-refractivity contribution in [1.29, 1.82) is 0 Å². The monoisotopic (exact) mass is 335 g/mol. The molecule has 0 aliphatic heterocycles. The van der Waals surface area contributed by atoms with Gasteiger partial charge in [-0.25, -0.2) is 0 Å². The second-order valence-electron chi connectivity index (χ2n) is 6.51. The summed E-state index contributed by atoms with van der Waals surface area (Å²) in [6.07, 6.45) is 5.97. The van der Waals surface area contributed by atoms with Gasteiger partial charge in [0.2, 0.25) is 5.91 Å². The van der Waals surface area contributed by atoms with Crippen molar-refractivity contribution in [2.24, 2.45) is 5.92 Å². The molecule has 2 rings (SSSR count). The minimum absolute atomic E-state index is 0.0242. The number of amides is 1. The van der Waals surface area contributed by atoms with Gasteiger partial charge < -0.3 is 19.9 Å². The molecule has 24 heavy (non-hydrogen) atoms. The van der Waals surface area contributed by atoms with Crippen LogP contribution in [-0.2, 0) is 16.1 Å². The van der Waals surface area contributed by atoms with Crippen molar-refractivity contribution in [3.63, 3.8) is 0 Å². The zero-order valence-corrected chi connectivity index (χ0v) is 14.5. The summed E-state index contributed by atoms with van der Waals surface area (Å²) in [4.78, 5) is 11.8. The molecule has 1 aromatic carbocycles. The van der Waals surface area contributed by atoms with Crippen LogP contribution in [0.3, 0.4) is 0 Å². The Kier molecular flexibility index (Phi) is 8.05. The van der Waals surface area contributed by atoms with Crippen LogP contribution in [-0.4, -0.2) is 37.4 Å². The standard InChI is InChI=1S/C19H29NO4/c1-23-18-9-6-16(7-10-18)13-24-14-17(21)12-20-19(22)11-8-15-4-2-3-5-15/h6-7,9-10,15,17,21H,2-5,8,11-14H2,1H3,(H,20,22)/t17-/m0/s1. The Bertz CT molecular complexity index is 483. The summed E-state index contributed by atoms with van der Waals surface area (Å²) < 4.78 is 10.6. The van der Waals surface area contributed by atoms with E-state index in [1.54, 1.807) is 7.11 Å². The first-order valence-electron chi connectivity index (χ1n) is 8.83. The van der Waals surface area contributed by atoms with Gasteiger partial charge in [-0.05, 0) is 30.0 Å². The maximum absolute atomic E-state index is 11.8. The minimum Gasteiger partial charge on any atom is -0.497 e. The van der Waals surface area contributed by atoms with Crippen molar-refractivity contribution in [3.8, 4) is 5.75 Å². The maximum Gasteiger partial charge on any atom is 0.220 e. The van der Waals surface area contributed by atoms with Crippen LogP contribution in [0.15, 0.2) is 24.3 Å². The number of ether oxygens (including phenoxy) is 2. The third-order valence-corrected chi connectivity index (χ3v) is 4.53. The number of benzene rings is 1. The smallest absolute Gasteiger partial charge is 0.220 e. The molecule has 0 saturated heterocycles. The molecule has 1 atom stereocenters. The van der Waals surface area contributed by atoms with Crippen molar-refractivity contribution in [2.45, 2.75) is 51.2 Å². The van der Waals surface area contributed by atoms with E-state index < -0.39 is 6.10 Å². The maximum atomic E-state index is 11.8. The van der Waals surface area contributed by atoms with Gasteiger partial charge in [-0.3, -0.25) is 4.79 Å². The molecular formula is C19H29NO4. The van der Waals surface area contributed by atoms with Gasteiger partial charge in [0.15, 0.2) is 0 Å². The van der Waals surface area contributed by atoms with Crippen LogP contribution in [0.1, 0.15) is 44.1 Å².